The lowest BCUT2D eigenvalue weighted by molar-refractivity contribution is -0.113. The number of carbonyl (C=O) groups excluding carboxylic acids is 1. The number of aldehydes is 1. The minimum Gasteiger partial charge on any atom is -0.496 e. The Morgan fingerprint density at radius 1 is 0.955 bits per heavy atom. The number of rotatable bonds is 14. The zero-order valence-electron chi connectivity index (χ0n) is 26.5. The van der Waals surface area contributed by atoms with Crippen molar-refractivity contribution in [2.45, 2.75) is 38.4 Å². The van der Waals surface area contributed by atoms with Crippen molar-refractivity contribution < 1.29 is 23.7 Å². The van der Waals surface area contributed by atoms with Gasteiger partial charge < -0.3 is 38.9 Å². The van der Waals surface area contributed by atoms with Crippen LogP contribution >= 0.6 is 0 Å². The number of anilines is 2. The summed E-state index contributed by atoms with van der Waals surface area (Å²) in [7, 11) is 6.51. The summed E-state index contributed by atoms with van der Waals surface area (Å²) in [4.78, 5) is 24.6. The summed E-state index contributed by atoms with van der Waals surface area (Å²) in [6.07, 6.45) is 2.75. The lowest BCUT2D eigenvalue weighted by Crippen LogP contribution is -2.46. The lowest BCUT2D eigenvalue weighted by Gasteiger charge is -2.36. The third kappa shape index (κ3) is 6.71. The van der Waals surface area contributed by atoms with Crippen molar-refractivity contribution in [2.75, 3.05) is 77.9 Å². The molecule has 10 nitrogen and oxygen atoms in total. The molecule has 236 valence electrons. The van der Waals surface area contributed by atoms with Crippen LogP contribution in [0, 0.1) is 0 Å². The standard InChI is InChI=1S/C34H45N5O5/c1-6-37-15-17-38(18-16-37)29-10-7-9-26-27(29)22-39(30(26)23-40)28(24-12-13-31(42-3)32(19-24)43-4)11-8-14-35-33-20-25(41-2)21-34(36-33)44-5/h7,9-10,12-13,19-21,23,28,30H,6,8,11,14-18,22H2,1-5H3,(H,35,36)/t28-,30?/m1/s1. The SMILES string of the molecule is CCN1CCN(c2cccc3c2CN([C@H](CCCNc2cc(OC)cc(OC)n2)c2ccc(OC)c(OC)c2)C3C=O)CC1. The van der Waals surface area contributed by atoms with Gasteiger partial charge in [-0.2, -0.15) is 4.98 Å². The zero-order chi connectivity index (χ0) is 31.1. The van der Waals surface area contributed by atoms with Crippen LogP contribution in [0.3, 0.4) is 0 Å². The number of carbonyl (C=O) groups is 1. The predicted molar refractivity (Wildman–Crippen MR) is 172 cm³/mol. The van der Waals surface area contributed by atoms with Gasteiger partial charge in [-0.05, 0) is 54.3 Å². The fraction of sp³-hybridized carbons (Fsp3) is 0.471. The molecule has 1 N–H and O–H groups in total. The van der Waals surface area contributed by atoms with Crippen LogP contribution in [-0.4, -0.2) is 88.8 Å². The van der Waals surface area contributed by atoms with Crippen LogP contribution in [0.25, 0.3) is 0 Å². The van der Waals surface area contributed by atoms with Gasteiger partial charge in [-0.15, -0.1) is 0 Å². The Morgan fingerprint density at radius 3 is 2.43 bits per heavy atom. The zero-order valence-corrected chi connectivity index (χ0v) is 26.5. The van der Waals surface area contributed by atoms with Gasteiger partial charge in [-0.1, -0.05) is 25.1 Å². The fourth-order valence-electron chi connectivity index (χ4n) is 6.45. The number of piperazine rings is 1. The van der Waals surface area contributed by atoms with E-state index in [1.807, 2.05) is 18.2 Å². The molecular weight excluding hydrogens is 558 g/mol. The Hall–Kier alpha value is -4.02. The van der Waals surface area contributed by atoms with Crippen LogP contribution in [0.4, 0.5) is 11.5 Å². The average molecular weight is 604 g/mol. The number of aromatic nitrogens is 1. The van der Waals surface area contributed by atoms with Gasteiger partial charge in [0.15, 0.2) is 11.5 Å². The number of benzene rings is 2. The monoisotopic (exact) mass is 603 g/mol. The van der Waals surface area contributed by atoms with E-state index in [-0.39, 0.29) is 12.1 Å². The molecule has 10 heteroatoms. The van der Waals surface area contributed by atoms with E-state index in [1.165, 1.54) is 11.3 Å². The molecule has 2 atom stereocenters. The fourth-order valence-corrected chi connectivity index (χ4v) is 6.45. The number of hydrogen-bond acceptors (Lipinski definition) is 10. The first-order valence-corrected chi connectivity index (χ1v) is 15.4. The summed E-state index contributed by atoms with van der Waals surface area (Å²) in [5, 5.41) is 3.42. The van der Waals surface area contributed by atoms with Crippen molar-refractivity contribution in [1.29, 1.82) is 0 Å². The molecular formula is C34H45N5O5. The van der Waals surface area contributed by atoms with E-state index >= 15 is 0 Å². The van der Waals surface area contributed by atoms with Gasteiger partial charge in [-0.3, -0.25) is 4.90 Å². The first-order valence-electron chi connectivity index (χ1n) is 15.4. The number of nitrogens with one attached hydrogen (secondary N) is 1. The molecule has 1 aromatic heterocycles. The van der Waals surface area contributed by atoms with Gasteiger partial charge in [0.1, 0.15) is 17.9 Å². The third-order valence-corrected chi connectivity index (χ3v) is 8.87. The molecule has 0 saturated carbocycles. The van der Waals surface area contributed by atoms with Crippen LogP contribution < -0.4 is 29.2 Å². The normalized spacial score (nSPS) is 17.6. The molecule has 1 unspecified atom stereocenters. The second kappa shape index (κ2) is 14.6. The van der Waals surface area contributed by atoms with Crippen LogP contribution in [-0.2, 0) is 11.3 Å². The maximum absolute atomic E-state index is 12.8. The van der Waals surface area contributed by atoms with Gasteiger partial charge in [0.2, 0.25) is 5.88 Å². The maximum atomic E-state index is 12.8. The van der Waals surface area contributed by atoms with Gasteiger partial charge >= 0.3 is 0 Å². The van der Waals surface area contributed by atoms with Crippen molar-refractivity contribution in [2.24, 2.45) is 0 Å². The van der Waals surface area contributed by atoms with Gasteiger partial charge in [0.05, 0.1) is 34.5 Å². The summed E-state index contributed by atoms with van der Waals surface area (Å²) < 4.78 is 21.9. The Bertz CT molecular complexity index is 1390. The predicted octanol–water partition coefficient (Wildman–Crippen LogP) is 4.95. The van der Waals surface area contributed by atoms with E-state index in [9.17, 15) is 4.79 Å². The summed E-state index contributed by atoms with van der Waals surface area (Å²) in [5.74, 6) is 3.22. The topological polar surface area (TPSA) is 88.6 Å². The smallest absolute Gasteiger partial charge is 0.218 e. The molecule has 0 amide bonds. The van der Waals surface area contributed by atoms with Crippen LogP contribution in [0.15, 0.2) is 48.5 Å². The molecule has 5 rings (SSSR count). The Balaban J connectivity index is 1.40. The molecule has 1 fully saturated rings. The molecule has 1 saturated heterocycles. The molecule has 0 spiro atoms. The highest BCUT2D eigenvalue weighted by Crippen LogP contribution is 2.45. The first-order chi connectivity index (χ1) is 21.5. The number of fused-ring (bicyclic) bond motifs is 1. The van der Waals surface area contributed by atoms with E-state index in [2.05, 4.69) is 56.2 Å². The van der Waals surface area contributed by atoms with Gasteiger partial charge in [0.25, 0.3) is 0 Å². The lowest BCUT2D eigenvalue weighted by atomic mass is 9.98. The molecule has 0 bridgehead atoms. The van der Waals surface area contributed by atoms with Gasteiger partial charge in [0, 0.05) is 63.1 Å². The van der Waals surface area contributed by atoms with Crippen LogP contribution in [0.1, 0.15) is 48.5 Å². The van der Waals surface area contributed by atoms with Crippen LogP contribution in [0.2, 0.25) is 0 Å². The van der Waals surface area contributed by atoms with E-state index in [1.54, 1.807) is 34.5 Å². The molecule has 2 aliphatic heterocycles. The van der Waals surface area contributed by atoms with Crippen molar-refractivity contribution in [3.8, 4) is 23.1 Å². The minimum atomic E-state index is -0.336. The Labute approximate surface area is 260 Å². The molecule has 3 aromatic rings. The van der Waals surface area contributed by atoms with Crippen molar-refractivity contribution >= 4 is 17.8 Å². The molecule has 0 radical (unpaired) electrons. The molecule has 2 aromatic carbocycles. The van der Waals surface area contributed by atoms with Gasteiger partial charge in [-0.25, -0.2) is 0 Å². The van der Waals surface area contributed by atoms with Crippen molar-refractivity contribution in [1.82, 2.24) is 14.8 Å². The average Bonchev–Trinajstić information content (AvgIpc) is 3.46. The molecule has 44 heavy (non-hydrogen) atoms. The number of methoxy groups -OCH3 is 4. The molecule has 2 aliphatic rings. The quantitative estimate of drug-likeness (QED) is 0.202. The van der Waals surface area contributed by atoms with Crippen molar-refractivity contribution in [3.63, 3.8) is 0 Å². The third-order valence-electron chi connectivity index (χ3n) is 8.87. The second-order valence-electron chi connectivity index (χ2n) is 11.2. The second-order valence-corrected chi connectivity index (χ2v) is 11.2. The highest BCUT2D eigenvalue weighted by atomic mass is 16.5. The molecule has 3 heterocycles. The highest BCUT2D eigenvalue weighted by Gasteiger charge is 2.37. The molecule has 0 aliphatic carbocycles. The maximum Gasteiger partial charge on any atom is 0.218 e. The van der Waals surface area contributed by atoms with Crippen LogP contribution in [0.5, 0.6) is 23.1 Å². The number of likely N-dealkylation sites (N-methyl/N-ethyl adjacent to an activating group) is 1. The number of pyridine rings is 1. The highest BCUT2D eigenvalue weighted by molar-refractivity contribution is 5.70. The largest absolute Gasteiger partial charge is 0.496 e. The number of hydrogen-bond donors (Lipinski definition) is 1. The minimum absolute atomic E-state index is 0.0307. The summed E-state index contributed by atoms with van der Waals surface area (Å²) in [6, 6.07) is 15.8. The Kier molecular flexibility index (Phi) is 10.4. The van der Waals surface area contributed by atoms with E-state index in [0.29, 0.717) is 42.0 Å². The Morgan fingerprint density at radius 2 is 1.75 bits per heavy atom. The number of nitrogens with zero attached hydrogens (tertiary/aromatic N) is 4. The summed E-state index contributed by atoms with van der Waals surface area (Å²) >= 11 is 0. The van der Waals surface area contributed by atoms with E-state index < -0.39 is 0 Å². The van der Waals surface area contributed by atoms with E-state index in [0.717, 1.165) is 63.0 Å². The summed E-state index contributed by atoms with van der Waals surface area (Å²) in [5.41, 5.74) is 4.69. The number of ether oxygens (including phenoxy) is 4. The summed E-state index contributed by atoms with van der Waals surface area (Å²) in [6.45, 7) is 8.76. The first kappa shape index (κ1) is 31.4. The van der Waals surface area contributed by atoms with E-state index in [4.69, 9.17) is 18.9 Å². The van der Waals surface area contributed by atoms with Crippen molar-refractivity contribution in [3.05, 3.63) is 65.2 Å².